The van der Waals surface area contributed by atoms with Crippen molar-refractivity contribution < 1.29 is 9.18 Å². The molecule has 1 aromatic carbocycles. The molecule has 0 bridgehead atoms. The van der Waals surface area contributed by atoms with E-state index in [0.717, 1.165) is 18.7 Å². The third kappa shape index (κ3) is 4.31. The number of hydrogen-bond donors (Lipinski definition) is 1. The molecule has 0 spiro atoms. The van der Waals surface area contributed by atoms with E-state index in [-0.39, 0.29) is 11.7 Å². The fourth-order valence-electron chi connectivity index (χ4n) is 2.14. The van der Waals surface area contributed by atoms with Crippen molar-refractivity contribution in [1.29, 1.82) is 0 Å². The lowest BCUT2D eigenvalue weighted by atomic mass is 10.1. The first-order chi connectivity index (χ1) is 8.99. The summed E-state index contributed by atoms with van der Waals surface area (Å²) in [5, 5.41) is 3.11. The van der Waals surface area contributed by atoms with Crippen molar-refractivity contribution in [2.24, 2.45) is 0 Å². The molecule has 3 nitrogen and oxygen atoms in total. The van der Waals surface area contributed by atoms with Gasteiger partial charge in [-0.3, -0.25) is 4.79 Å². The van der Waals surface area contributed by atoms with Gasteiger partial charge in [0.2, 0.25) is 5.91 Å². The monoisotopic (exact) mass is 266 g/mol. The topological polar surface area (TPSA) is 32.3 Å². The van der Waals surface area contributed by atoms with Crippen LogP contribution in [0.2, 0.25) is 0 Å². The predicted molar refractivity (Wildman–Crippen MR) is 75.5 cm³/mol. The Kier molecular flexibility index (Phi) is 5.96. The Hall–Kier alpha value is -1.42. The summed E-state index contributed by atoms with van der Waals surface area (Å²) in [6, 6.07) is 3.63. The van der Waals surface area contributed by atoms with Crippen molar-refractivity contribution in [2.75, 3.05) is 19.6 Å². The van der Waals surface area contributed by atoms with E-state index in [2.05, 4.69) is 5.32 Å². The second-order valence-electron chi connectivity index (χ2n) is 4.71. The highest BCUT2D eigenvalue weighted by Gasteiger charge is 2.09. The average Bonchev–Trinajstić information content (AvgIpc) is 2.37. The summed E-state index contributed by atoms with van der Waals surface area (Å²) in [6.45, 7) is 9.80. The number of hydrogen-bond acceptors (Lipinski definition) is 2. The molecule has 1 N–H and O–H groups in total. The van der Waals surface area contributed by atoms with Gasteiger partial charge in [-0.1, -0.05) is 12.1 Å². The first-order valence-electron chi connectivity index (χ1n) is 6.73. The predicted octanol–water partition coefficient (Wildman–Crippen LogP) is 2.40. The van der Waals surface area contributed by atoms with Crippen molar-refractivity contribution in [2.45, 2.75) is 34.2 Å². The second kappa shape index (κ2) is 7.24. The van der Waals surface area contributed by atoms with Crippen LogP contribution in [-0.2, 0) is 11.3 Å². The maximum Gasteiger partial charge on any atom is 0.236 e. The van der Waals surface area contributed by atoms with Crippen LogP contribution in [0.5, 0.6) is 0 Å². The summed E-state index contributed by atoms with van der Waals surface area (Å²) in [4.78, 5) is 13.6. The zero-order valence-electron chi connectivity index (χ0n) is 12.2. The largest absolute Gasteiger partial charge is 0.342 e. The molecule has 4 heteroatoms. The van der Waals surface area contributed by atoms with Gasteiger partial charge in [0.1, 0.15) is 5.82 Å². The van der Waals surface area contributed by atoms with Crippen LogP contribution in [0.3, 0.4) is 0 Å². The molecule has 0 atom stereocenters. The Morgan fingerprint density at radius 1 is 1.21 bits per heavy atom. The van der Waals surface area contributed by atoms with E-state index in [0.29, 0.717) is 24.2 Å². The molecule has 1 aromatic rings. The third-order valence-corrected chi connectivity index (χ3v) is 3.22. The minimum atomic E-state index is -0.150. The van der Waals surface area contributed by atoms with Crippen LogP contribution in [0.4, 0.5) is 4.39 Å². The number of likely N-dealkylation sites (N-methyl/N-ethyl adjacent to an activating group) is 1. The molecule has 106 valence electrons. The summed E-state index contributed by atoms with van der Waals surface area (Å²) >= 11 is 0. The smallest absolute Gasteiger partial charge is 0.236 e. The number of carbonyl (C=O) groups excluding carboxylic acids is 1. The first-order valence-corrected chi connectivity index (χ1v) is 6.73. The molecular weight excluding hydrogens is 243 g/mol. The number of nitrogens with one attached hydrogen (secondary N) is 1. The van der Waals surface area contributed by atoms with E-state index in [1.54, 1.807) is 18.7 Å². The van der Waals surface area contributed by atoms with Crippen molar-refractivity contribution in [1.82, 2.24) is 10.2 Å². The number of benzene rings is 1. The molecule has 0 heterocycles. The summed E-state index contributed by atoms with van der Waals surface area (Å²) in [6.07, 6.45) is 0. The Morgan fingerprint density at radius 3 is 2.21 bits per heavy atom. The number of nitrogens with zero attached hydrogens (tertiary/aromatic N) is 1. The first kappa shape index (κ1) is 15.6. The van der Waals surface area contributed by atoms with Crippen LogP contribution in [-0.4, -0.2) is 30.4 Å². The molecule has 0 unspecified atom stereocenters. The highest BCUT2D eigenvalue weighted by atomic mass is 19.1. The van der Waals surface area contributed by atoms with Crippen molar-refractivity contribution in [3.63, 3.8) is 0 Å². The van der Waals surface area contributed by atoms with Crippen LogP contribution in [0, 0.1) is 19.7 Å². The van der Waals surface area contributed by atoms with Crippen LogP contribution >= 0.6 is 0 Å². The molecule has 0 saturated carbocycles. The summed E-state index contributed by atoms with van der Waals surface area (Å²) < 4.78 is 13.5. The molecule has 0 saturated heterocycles. The van der Waals surface area contributed by atoms with Crippen molar-refractivity contribution in [3.05, 3.63) is 34.6 Å². The van der Waals surface area contributed by atoms with Gasteiger partial charge in [0.05, 0.1) is 6.54 Å². The zero-order valence-corrected chi connectivity index (χ0v) is 12.2. The molecule has 1 rings (SSSR count). The second-order valence-corrected chi connectivity index (χ2v) is 4.71. The molecule has 19 heavy (non-hydrogen) atoms. The normalized spacial score (nSPS) is 10.6. The van der Waals surface area contributed by atoms with Crippen molar-refractivity contribution in [3.8, 4) is 0 Å². The fraction of sp³-hybridized carbons (Fsp3) is 0.533. The van der Waals surface area contributed by atoms with Gasteiger partial charge in [-0.2, -0.15) is 0 Å². The van der Waals surface area contributed by atoms with Crippen LogP contribution in [0.1, 0.15) is 30.5 Å². The number of rotatable bonds is 6. The van der Waals surface area contributed by atoms with E-state index in [1.165, 1.54) is 0 Å². The minimum absolute atomic E-state index is 0.0977. The quantitative estimate of drug-likeness (QED) is 0.857. The average molecular weight is 266 g/mol. The van der Waals surface area contributed by atoms with Crippen LogP contribution in [0.25, 0.3) is 0 Å². The van der Waals surface area contributed by atoms with E-state index < -0.39 is 0 Å². The number of amides is 1. The van der Waals surface area contributed by atoms with E-state index in [9.17, 15) is 9.18 Å². The lowest BCUT2D eigenvalue weighted by Crippen LogP contribution is -2.37. The summed E-state index contributed by atoms with van der Waals surface area (Å²) in [7, 11) is 0. The van der Waals surface area contributed by atoms with Gasteiger partial charge in [-0.25, -0.2) is 4.39 Å². The summed E-state index contributed by atoms with van der Waals surface area (Å²) in [5.41, 5.74) is 2.29. The third-order valence-electron chi connectivity index (χ3n) is 3.22. The SMILES string of the molecule is CCN(CC)C(=O)CNCc1cc(C)c(F)c(C)c1. The lowest BCUT2D eigenvalue weighted by Gasteiger charge is -2.18. The highest BCUT2D eigenvalue weighted by molar-refractivity contribution is 5.78. The zero-order chi connectivity index (χ0) is 14.4. The van der Waals surface area contributed by atoms with Gasteiger partial charge < -0.3 is 10.2 Å². The fourth-order valence-corrected chi connectivity index (χ4v) is 2.14. The Bertz CT molecular complexity index is 419. The van der Waals surface area contributed by atoms with E-state index in [1.807, 2.05) is 26.0 Å². The van der Waals surface area contributed by atoms with Gasteiger partial charge in [0.15, 0.2) is 0 Å². The van der Waals surface area contributed by atoms with Gasteiger partial charge in [-0.15, -0.1) is 0 Å². The number of aryl methyl sites for hydroxylation is 2. The van der Waals surface area contributed by atoms with Crippen LogP contribution in [0.15, 0.2) is 12.1 Å². The molecule has 0 radical (unpaired) electrons. The van der Waals surface area contributed by atoms with Crippen molar-refractivity contribution >= 4 is 5.91 Å². The van der Waals surface area contributed by atoms with Gasteiger partial charge in [-0.05, 0) is 44.4 Å². The molecule has 1 amide bonds. The van der Waals surface area contributed by atoms with Gasteiger partial charge >= 0.3 is 0 Å². The maximum atomic E-state index is 13.5. The Morgan fingerprint density at radius 2 is 1.74 bits per heavy atom. The van der Waals surface area contributed by atoms with Gasteiger partial charge in [0, 0.05) is 19.6 Å². The number of carbonyl (C=O) groups is 1. The lowest BCUT2D eigenvalue weighted by molar-refractivity contribution is -0.129. The van der Waals surface area contributed by atoms with E-state index in [4.69, 9.17) is 0 Å². The van der Waals surface area contributed by atoms with E-state index >= 15 is 0 Å². The molecule has 0 aromatic heterocycles. The molecule has 0 aliphatic rings. The Labute approximate surface area is 114 Å². The molecule has 0 fully saturated rings. The maximum absolute atomic E-state index is 13.5. The number of halogens is 1. The standard InChI is InChI=1S/C15H23FN2O/c1-5-18(6-2)14(19)10-17-9-13-7-11(3)15(16)12(4)8-13/h7-8,17H,5-6,9-10H2,1-4H3. The highest BCUT2D eigenvalue weighted by Crippen LogP contribution is 2.14. The molecule has 0 aliphatic carbocycles. The molecular formula is C15H23FN2O. The van der Waals surface area contributed by atoms with Crippen LogP contribution < -0.4 is 5.32 Å². The Balaban J connectivity index is 2.52. The van der Waals surface area contributed by atoms with Gasteiger partial charge in [0.25, 0.3) is 0 Å². The molecule has 0 aliphatic heterocycles. The summed E-state index contributed by atoms with van der Waals surface area (Å²) in [5.74, 6) is -0.0523. The minimum Gasteiger partial charge on any atom is -0.342 e.